The molecule has 0 aliphatic carbocycles. The van der Waals surface area contributed by atoms with E-state index in [1.54, 1.807) is 24.7 Å². The second kappa shape index (κ2) is 6.33. The summed E-state index contributed by atoms with van der Waals surface area (Å²) in [6, 6.07) is 9.71. The summed E-state index contributed by atoms with van der Waals surface area (Å²) >= 11 is 0. The van der Waals surface area contributed by atoms with Gasteiger partial charge in [-0.15, -0.1) is 0 Å². The molecule has 21 heavy (non-hydrogen) atoms. The Kier molecular flexibility index (Phi) is 4.08. The highest BCUT2D eigenvalue weighted by molar-refractivity contribution is 5.42. The van der Waals surface area contributed by atoms with Crippen molar-refractivity contribution >= 4 is 5.82 Å². The highest BCUT2D eigenvalue weighted by atomic mass is 16.5. The predicted octanol–water partition coefficient (Wildman–Crippen LogP) is 2.14. The van der Waals surface area contributed by atoms with Gasteiger partial charge in [-0.1, -0.05) is 0 Å². The molecule has 0 N–H and O–H groups in total. The highest BCUT2D eigenvalue weighted by Gasteiger charge is 2.23. The Balaban J connectivity index is 1.54. The fourth-order valence-corrected chi connectivity index (χ4v) is 2.40. The molecule has 2 aromatic rings. The van der Waals surface area contributed by atoms with Crippen LogP contribution in [0, 0.1) is 11.3 Å². The topological polar surface area (TPSA) is 62.0 Å². The van der Waals surface area contributed by atoms with Gasteiger partial charge < -0.3 is 9.64 Å². The van der Waals surface area contributed by atoms with E-state index in [0.717, 1.165) is 30.9 Å². The summed E-state index contributed by atoms with van der Waals surface area (Å²) in [5, 5.41) is 8.79. The summed E-state index contributed by atoms with van der Waals surface area (Å²) < 4.78 is 5.94. The summed E-state index contributed by atoms with van der Waals surface area (Å²) in [5.74, 6) is 0.906. The molecule has 0 radical (unpaired) electrons. The van der Waals surface area contributed by atoms with Gasteiger partial charge in [-0.3, -0.25) is 4.98 Å². The Morgan fingerprint density at radius 2 is 2.14 bits per heavy atom. The van der Waals surface area contributed by atoms with E-state index in [-0.39, 0.29) is 6.10 Å². The number of anilines is 1. The van der Waals surface area contributed by atoms with Gasteiger partial charge in [-0.05, 0) is 36.2 Å². The van der Waals surface area contributed by atoms with Gasteiger partial charge in [-0.2, -0.15) is 5.26 Å². The number of hydrogen-bond donors (Lipinski definition) is 0. The van der Waals surface area contributed by atoms with Crippen LogP contribution < -0.4 is 4.90 Å². The third-order valence-electron chi connectivity index (χ3n) is 3.58. The second-order valence-corrected chi connectivity index (χ2v) is 5.04. The maximum absolute atomic E-state index is 8.79. The van der Waals surface area contributed by atoms with Gasteiger partial charge in [0.2, 0.25) is 0 Å². The van der Waals surface area contributed by atoms with Crippen molar-refractivity contribution in [2.75, 3.05) is 18.0 Å². The number of aromatic nitrogens is 2. The van der Waals surface area contributed by atoms with E-state index in [1.165, 1.54) is 0 Å². The van der Waals surface area contributed by atoms with Crippen LogP contribution in [0.5, 0.6) is 0 Å². The minimum absolute atomic E-state index is 0.218. The van der Waals surface area contributed by atoms with Crippen molar-refractivity contribution in [3.05, 3.63) is 54.0 Å². The number of hydrogen-bond acceptors (Lipinski definition) is 5. The van der Waals surface area contributed by atoms with E-state index >= 15 is 0 Å². The first kappa shape index (κ1) is 13.5. The van der Waals surface area contributed by atoms with Crippen molar-refractivity contribution in [2.24, 2.45) is 0 Å². The van der Waals surface area contributed by atoms with E-state index in [4.69, 9.17) is 10.00 Å². The Morgan fingerprint density at radius 1 is 1.29 bits per heavy atom. The Labute approximate surface area is 123 Å². The molecule has 1 atom stereocenters. The van der Waals surface area contributed by atoms with Gasteiger partial charge in [0.25, 0.3) is 0 Å². The molecule has 0 bridgehead atoms. The number of nitrogens with zero attached hydrogens (tertiary/aromatic N) is 4. The van der Waals surface area contributed by atoms with Crippen molar-refractivity contribution < 1.29 is 4.74 Å². The molecule has 1 aliphatic heterocycles. The zero-order valence-electron chi connectivity index (χ0n) is 11.6. The molecule has 1 saturated heterocycles. The van der Waals surface area contributed by atoms with E-state index in [9.17, 15) is 0 Å². The Hall–Kier alpha value is -2.45. The number of pyridine rings is 2. The van der Waals surface area contributed by atoms with Crippen LogP contribution in [0.3, 0.4) is 0 Å². The van der Waals surface area contributed by atoms with Crippen molar-refractivity contribution in [3.63, 3.8) is 0 Å². The molecule has 3 rings (SSSR count). The van der Waals surface area contributed by atoms with Crippen LogP contribution in [0.25, 0.3) is 0 Å². The first-order chi connectivity index (χ1) is 10.3. The van der Waals surface area contributed by atoms with Crippen LogP contribution in [0.4, 0.5) is 5.82 Å². The number of nitriles is 1. The summed E-state index contributed by atoms with van der Waals surface area (Å²) in [6.07, 6.45) is 6.38. The van der Waals surface area contributed by atoms with Crippen molar-refractivity contribution in [3.8, 4) is 6.07 Å². The zero-order chi connectivity index (χ0) is 14.5. The quantitative estimate of drug-likeness (QED) is 0.858. The minimum Gasteiger partial charge on any atom is -0.372 e. The highest BCUT2D eigenvalue weighted by Crippen LogP contribution is 2.20. The van der Waals surface area contributed by atoms with Gasteiger partial charge >= 0.3 is 0 Å². The molecule has 0 aromatic carbocycles. The molecule has 0 saturated carbocycles. The first-order valence-corrected chi connectivity index (χ1v) is 6.97. The Morgan fingerprint density at radius 3 is 2.86 bits per heavy atom. The van der Waals surface area contributed by atoms with Crippen LogP contribution in [-0.2, 0) is 11.3 Å². The molecule has 1 fully saturated rings. The zero-order valence-corrected chi connectivity index (χ0v) is 11.6. The van der Waals surface area contributed by atoms with Crippen LogP contribution in [0.15, 0.2) is 42.9 Å². The van der Waals surface area contributed by atoms with Crippen molar-refractivity contribution in [1.29, 1.82) is 5.26 Å². The maximum Gasteiger partial charge on any atom is 0.128 e. The van der Waals surface area contributed by atoms with E-state index in [2.05, 4.69) is 20.9 Å². The lowest BCUT2D eigenvalue weighted by molar-refractivity contribution is 0.0553. The average molecular weight is 280 g/mol. The molecule has 3 heterocycles. The molecule has 2 aromatic heterocycles. The van der Waals surface area contributed by atoms with Gasteiger partial charge in [0, 0.05) is 31.7 Å². The molecular formula is C16H16N4O. The van der Waals surface area contributed by atoms with Gasteiger partial charge in [0.05, 0.1) is 18.3 Å². The van der Waals surface area contributed by atoms with E-state index < -0.39 is 0 Å². The molecule has 0 spiro atoms. The van der Waals surface area contributed by atoms with Crippen LogP contribution >= 0.6 is 0 Å². The van der Waals surface area contributed by atoms with Gasteiger partial charge in [0.1, 0.15) is 11.9 Å². The standard InChI is InChI=1S/C16H16N4O/c17-9-14-1-2-16(19-10-14)20-8-5-15(11-20)21-12-13-3-6-18-7-4-13/h1-4,6-7,10,15H,5,8,11-12H2/t15-/m1/s1. The molecular weight excluding hydrogens is 264 g/mol. The molecule has 0 unspecified atom stereocenters. The van der Waals surface area contributed by atoms with Gasteiger partial charge in [0.15, 0.2) is 0 Å². The van der Waals surface area contributed by atoms with Crippen LogP contribution in [0.1, 0.15) is 17.5 Å². The minimum atomic E-state index is 0.218. The van der Waals surface area contributed by atoms with Gasteiger partial charge in [-0.25, -0.2) is 4.98 Å². The Bertz CT molecular complexity index is 621. The number of ether oxygens (including phenoxy) is 1. The molecule has 1 aliphatic rings. The fraction of sp³-hybridized carbons (Fsp3) is 0.312. The maximum atomic E-state index is 8.79. The third-order valence-corrected chi connectivity index (χ3v) is 3.58. The monoisotopic (exact) mass is 280 g/mol. The molecule has 5 nitrogen and oxygen atoms in total. The van der Waals surface area contributed by atoms with Crippen LogP contribution in [-0.4, -0.2) is 29.2 Å². The molecule has 0 amide bonds. The number of rotatable bonds is 4. The normalized spacial score (nSPS) is 17.7. The van der Waals surface area contributed by atoms with Crippen LogP contribution in [0.2, 0.25) is 0 Å². The first-order valence-electron chi connectivity index (χ1n) is 6.97. The van der Waals surface area contributed by atoms with E-state index in [1.807, 2.05) is 18.2 Å². The lowest BCUT2D eigenvalue weighted by Crippen LogP contribution is -2.23. The SMILES string of the molecule is N#Cc1ccc(N2CC[C@@H](OCc3ccncc3)C2)nc1. The average Bonchev–Trinajstić information content (AvgIpc) is 3.03. The lowest BCUT2D eigenvalue weighted by atomic mass is 10.3. The van der Waals surface area contributed by atoms with Crippen molar-refractivity contribution in [1.82, 2.24) is 9.97 Å². The van der Waals surface area contributed by atoms with E-state index in [0.29, 0.717) is 12.2 Å². The molecule has 106 valence electrons. The second-order valence-electron chi connectivity index (χ2n) is 5.04. The third kappa shape index (κ3) is 3.36. The summed E-state index contributed by atoms with van der Waals surface area (Å²) in [4.78, 5) is 10.5. The summed E-state index contributed by atoms with van der Waals surface area (Å²) in [6.45, 7) is 2.38. The molecule has 5 heteroatoms. The predicted molar refractivity (Wildman–Crippen MR) is 78.6 cm³/mol. The lowest BCUT2D eigenvalue weighted by Gasteiger charge is -2.17. The largest absolute Gasteiger partial charge is 0.372 e. The van der Waals surface area contributed by atoms with Crippen molar-refractivity contribution in [2.45, 2.75) is 19.1 Å². The smallest absolute Gasteiger partial charge is 0.128 e. The fourth-order valence-electron chi connectivity index (χ4n) is 2.40. The summed E-state index contributed by atoms with van der Waals surface area (Å²) in [5.41, 5.74) is 1.73. The summed E-state index contributed by atoms with van der Waals surface area (Å²) in [7, 11) is 0.